The summed E-state index contributed by atoms with van der Waals surface area (Å²) in [6.07, 6.45) is 2.54. The molecule has 0 amide bonds. The van der Waals surface area contributed by atoms with Gasteiger partial charge in [-0.05, 0) is 61.2 Å². The van der Waals surface area contributed by atoms with Gasteiger partial charge in [-0.15, -0.1) is 0 Å². The summed E-state index contributed by atoms with van der Waals surface area (Å²) in [7, 11) is -4.38. The number of benzene rings is 3. The summed E-state index contributed by atoms with van der Waals surface area (Å²) in [5, 5.41) is 10.1. The smallest absolute Gasteiger partial charge is 0.294 e. The maximum Gasteiger partial charge on any atom is 0.294 e. The fourth-order valence-electron chi connectivity index (χ4n) is 4.44. The molecule has 0 aliphatic carbocycles. The first-order valence-corrected chi connectivity index (χ1v) is 12.4. The first kappa shape index (κ1) is 23.0. The molecule has 2 unspecified atom stereocenters. The topological polar surface area (TPSA) is 90.6 Å². The van der Waals surface area contributed by atoms with Crippen molar-refractivity contribution in [3.8, 4) is 17.6 Å². The number of piperidine rings is 1. The van der Waals surface area contributed by atoms with Crippen molar-refractivity contribution in [2.75, 3.05) is 6.54 Å². The molecule has 6 nitrogen and oxygen atoms in total. The van der Waals surface area contributed by atoms with Gasteiger partial charge in [0, 0.05) is 12.6 Å². The van der Waals surface area contributed by atoms with Crippen LogP contribution in [0.1, 0.15) is 48.0 Å². The van der Waals surface area contributed by atoms with Crippen LogP contribution in [0, 0.1) is 18.3 Å². The molecule has 1 saturated heterocycles. The Hall–Kier alpha value is -3.18. The highest BCUT2D eigenvalue weighted by Gasteiger charge is 2.34. The van der Waals surface area contributed by atoms with Gasteiger partial charge in [0.1, 0.15) is 17.5 Å². The second-order valence-electron chi connectivity index (χ2n) is 8.28. The molecular weight excluding hydrogens is 436 g/mol. The number of hydrogen-bond donors (Lipinski definition) is 1. The molecule has 3 aromatic carbocycles. The van der Waals surface area contributed by atoms with E-state index < -0.39 is 16.2 Å². The van der Waals surface area contributed by atoms with Gasteiger partial charge in [-0.1, -0.05) is 54.4 Å². The quantitative estimate of drug-likeness (QED) is 0.464. The second-order valence-corrected chi connectivity index (χ2v) is 9.67. The lowest BCUT2D eigenvalue weighted by molar-refractivity contribution is 0.118. The van der Waals surface area contributed by atoms with Gasteiger partial charge in [0.15, 0.2) is 0 Å². The van der Waals surface area contributed by atoms with E-state index in [9.17, 15) is 18.2 Å². The third-order valence-electron chi connectivity index (χ3n) is 5.98. The summed E-state index contributed by atoms with van der Waals surface area (Å²) in [6.45, 7) is 2.54. The number of aryl methyl sites for hydroxylation is 1. The molecule has 0 bridgehead atoms. The molecule has 33 heavy (non-hydrogen) atoms. The SMILES string of the molecule is Cc1ccc(S(=O)(=O)O)c(C2CCCCN2C(C#N)c2ccc(Oc3ccccc3)cc2)c1. The van der Waals surface area contributed by atoms with Crippen LogP contribution in [-0.4, -0.2) is 24.4 Å². The minimum absolute atomic E-state index is 0.0895. The van der Waals surface area contributed by atoms with E-state index in [1.54, 1.807) is 12.1 Å². The highest BCUT2D eigenvalue weighted by Crippen LogP contribution is 2.40. The second kappa shape index (κ2) is 9.75. The van der Waals surface area contributed by atoms with Crippen LogP contribution < -0.4 is 4.74 Å². The van der Waals surface area contributed by atoms with Crippen molar-refractivity contribution in [2.45, 2.75) is 43.2 Å². The predicted molar refractivity (Wildman–Crippen MR) is 126 cm³/mol. The fourth-order valence-corrected chi connectivity index (χ4v) is 5.18. The van der Waals surface area contributed by atoms with Crippen molar-refractivity contribution < 1.29 is 17.7 Å². The van der Waals surface area contributed by atoms with Crippen LogP contribution in [0.2, 0.25) is 0 Å². The highest BCUT2D eigenvalue weighted by atomic mass is 32.2. The van der Waals surface area contributed by atoms with E-state index in [2.05, 4.69) is 6.07 Å². The van der Waals surface area contributed by atoms with Gasteiger partial charge in [0.25, 0.3) is 10.1 Å². The van der Waals surface area contributed by atoms with Gasteiger partial charge >= 0.3 is 0 Å². The summed E-state index contributed by atoms with van der Waals surface area (Å²) < 4.78 is 39.8. The summed E-state index contributed by atoms with van der Waals surface area (Å²) in [5.74, 6) is 1.40. The van der Waals surface area contributed by atoms with E-state index in [0.29, 0.717) is 24.3 Å². The highest BCUT2D eigenvalue weighted by molar-refractivity contribution is 7.85. The molecule has 7 heteroatoms. The van der Waals surface area contributed by atoms with Crippen molar-refractivity contribution in [1.82, 2.24) is 4.90 Å². The number of ether oxygens (including phenoxy) is 1. The van der Waals surface area contributed by atoms with Crippen LogP contribution >= 0.6 is 0 Å². The van der Waals surface area contributed by atoms with E-state index in [1.807, 2.05) is 66.4 Å². The Balaban J connectivity index is 1.65. The average molecular weight is 463 g/mol. The molecule has 1 heterocycles. The molecule has 2 atom stereocenters. The van der Waals surface area contributed by atoms with Crippen LogP contribution in [0.3, 0.4) is 0 Å². The fraction of sp³-hybridized carbons (Fsp3) is 0.269. The van der Waals surface area contributed by atoms with Crippen LogP contribution in [0.4, 0.5) is 0 Å². The number of nitriles is 1. The summed E-state index contributed by atoms with van der Waals surface area (Å²) in [6, 6.07) is 23.4. The van der Waals surface area contributed by atoms with E-state index in [4.69, 9.17) is 4.74 Å². The Morgan fingerprint density at radius 1 is 1.03 bits per heavy atom. The van der Waals surface area contributed by atoms with Crippen molar-refractivity contribution in [3.05, 3.63) is 89.5 Å². The molecule has 1 aliphatic heterocycles. The molecule has 3 aromatic rings. The van der Waals surface area contributed by atoms with Gasteiger partial charge in [0.05, 0.1) is 11.0 Å². The maximum atomic E-state index is 12.1. The molecule has 0 saturated carbocycles. The largest absolute Gasteiger partial charge is 0.457 e. The Kier molecular flexibility index (Phi) is 6.80. The van der Waals surface area contributed by atoms with E-state index in [-0.39, 0.29) is 10.9 Å². The Bertz CT molecular complexity index is 1250. The van der Waals surface area contributed by atoms with Gasteiger partial charge in [-0.25, -0.2) is 0 Å². The Morgan fingerprint density at radius 3 is 2.39 bits per heavy atom. The first-order chi connectivity index (χ1) is 15.9. The van der Waals surface area contributed by atoms with Crippen molar-refractivity contribution in [2.24, 2.45) is 0 Å². The van der Waals surface area contributed by atoms with Crippen LogP contribution in [0.5, 0.6) is 11.5 Å². The first-order valence-electron chi connectivity index (χ1n) is 10.9. The Labute approximate surface area is 194 Å². The molecule has 1 fully saturated rings. The normalized spacial score (nSPS) is 17.8. The maximum absolute atomic E-state index is 12.1. The third kappa shape index (κ3) is 5.25. The third-order valence-corrected chi connectivity index (χ3v) is 6.90. The molecule has 1 aliphatic rings. The number of hydrogen-bond acceptors (Lipinski definition) is 5. The zero-order chi connectivity index (χ0) is 23.4. The van der Waals surface area contributed by atoms with Gasteiger partial charge in [0.2, 0.25) is 0 Å². The number of para-hydroxylation sites is 1. The zero-order valence-corrected chi connectivity index (χ0v) is 19.2. The summed E-state index contributed by atoms with van der Waals surface area (Å²) in [5.41, 5.74) is 2.26. The zero-order valence-electron chi connectivity index (χ0n) is 18.4. The Morgan fingerprint density at radius 2 is 1.73 bits per heavy atom. The molecular formula is C26H26N2O4S. The summed E-state index contributed by atoms with van der Waals surface area (Å²) >= 11 is 0. The minimum atomic E-state index is -4.38. The minimum Gasteiger partial charge on any atom is -0.457 e. The van der Waals surface area contributed by atoms with Gasteiger partial charge < -0.3 is 4.74 Å². The number of rotatable bonds is 6. The monoisotopic (exact) mass is 462 g/mol. The average Bonchev–Trinajstić information content (AvgIpc) is 2.81. The molecule has 4 rings (SSSR count). The van der Waals surface area contributed by atoms with Crippen molar-refractivity contribution >= 4 is 10.1 Å². The molecule has 0 spiro atoms. The van der Waals surface area contributed by atoms with Crippen molar-refractivity contribution in [1.29, 1.82) is 5.26 Å². The van der Waals surface area contributed by atoms with E-state index in [0.717, 1.165) is 29.7 Å². The molecule has 0 aromatic heterocycles. The van der Waals surface area contributed by atoms with E-state index >= 15 is 0 Å². The molecule has 170 valence electrons. The van der Waals surface area contributed by atoms with Gasteiger partial charge in [-0.2, -0.15) is 13.7 Å². The van der Waals surface area contributed by atoms with Crippen LogP contribution in [-0.2, 0) is 10.1 Å². The number of nitrogens with zero attached hydrogens (tertiary/aromatic N) is 2. The van der Waals surface area contributed by atoms with Crippen LogP contribution in [0.25, 0.3) is 0 Å². The molecule has 0 radical (unpaired) electrons. The molecule has 1 N–H and O–H groups in total. The van der Waals surface area contributed by atoms with Gasteiger partial charge in [-0.3, -0.25) is 9.45 Å². The van der Waals surface area contributed by atoms with Crippen molar-refractivity contribution in [3.63, 3.8) is 0 Å². The number of likely N-dealkylation sites (tertiary alicyclic amines) is 1. The predicted octanol–water partition coefficient (Wildman–Crippen LogP) is 5.83. The lowest BCUT2D eigenvalue weighted by Gasteiger charge is -2.39. The lowest BCUT2D eigenvalue weighted by Crippen LogP contribution is -2.37. The van der Waals surface area contributed by atoms with E-state index in [1.165, 1.54) is 6.07 Å². The standard InChI is InChI=1S/C26H26N2O4S/c1-19-10-15-26(33(29,30)31)23(17-19)24-9-5-6-16-28(24)25(18-27)20-11-13-22(14-12-20)32-21-7-3-2-4-8-21/h2-4,7-8,10-15,17,24-25H,5-6,9,16H2,1H3,(H,29,30,31). The summed E-state index contributed by atoms with van der Waals surface area (Å²) in [4.78, 5) is 1.95. The lowest BCUT2D eigenvalue weighted by atomic mass is 9.91. The van der Waals surface area contributed by atoms with Crippen LogP contribution in [0.15, 0.2) is 77.7 Å².